The van der Waals surface area contributed by atoms with Crippen molar-refractivity contribution in [2.45, 2.75) is 52.6 Å². The second-order valence-corrected chi connectivity index (χ2v) is 6.23. The van der Waals surface area contributed by atoms with E-state index in [1.54, 1.807) is 19.9 Å². The minimum atomic E-state index is -1.04. The van der Waals surface area contributed by atoms with E-state index in [1.165, 1.54) is 18.4 Å². The van der Waals surface area contributed by atoms with E-state index >= 15 is 0 Å². The second kappa shape index (κ2) is 3.81. The summed E-state index contributed by atoms with van der Waals surface area (Å²) >= 11 is 0. The molecular formula is C15H22O2. The number of allylic oxidation sites excluding steroid dienone is 3. The number of fused-ring (bicyclic) bond motifs is 1. The van der Waals surface area contributed by atoms with Crippen LogP contribution in [-0.2, 0) is 4.79 Å². The summed E-state index contributed by atoms with van der Waals surface area (Å²) in [6.45, 7) is 7.81. The molecule has 2 heteroatoms. The Labute approximate surface area is 103 Å². The SMILES string of the molecule is C[C@H]1CCCC2=CC(=O)C(C(C)(C)O)=C[C@@]21C. The average molecular weight is 234 g/mol. The Hall–Kier alpha value is -0.890. The quantitative estimate of drug-likeness (QED) is 0.757. The summed E-state index contributed by atoms with van der Waals surface area (Å²) in [5, 5.41) is 10.1. The Bertz CT molecular complexity index is 409. The van der Waals surface area contributed by atoms with Crippen LogP contribution in [0.5, 0.6) is 0 Å². The van der Waals surface area contributed by atoms with Gasteiger partial charge in [0, 0.05) is 11.0 Å². The number of hydrogen-bond donors (Lipinski definition) is 1. The third-order valence-corrected chi connectivity index (χ3v) is 4.47. The molecule has 0 spiro atoms. The number of ketones is 1. The van der Waals surface area contributed by atoms with Crippen LogP contribution in [0.2, 0.25) is 0 Å². The molecule has 0 radical (unpaired) electrons. The molecule has 2 aliphatic rings. The Balaban J connectivity index is 2.48. The molecular weight excluding hydrogens is 212 g/mol. The lowest BCUT2D eigenvalue weighted by Crippen LogP contribution is -2.38. The van der Waals surface area contributed by atoms with Crippen molar-refractivity contribution < 1.29 is 9.90 Å². The van der Waals surface area contributed by atoms with E-state index < -0.39 is 5.60 Å². The maximum atomic E-state index is 12.0. The lowest BCUT2D eigenvalue weighted by atomic mass is 9.61. The first kappa shape index (κ1) is 12.6. The maximum Gasteiger partial charge on any atom is 0.184 e. The van der Waals surface area contributed by atoms with Crippen LogP contribution < -0.4 is 0 Å². The molecule has 0 saturated heterocycles. The van der Waals surface area contributed by atoms with Crippen molar-refractivity contribution >= 4 is 5.78 Å². The molecule has 2 nitrogen and oxygen atoms in total. The smallest absolute Gasteiger partial charge is 0.184 e. The molecule has 0 heterocycles. The van der Waals surface area contributed by atoms with Crippen LogP contribution in [0.3, 0.4) is 0 Å². The van der Waals surface area contributed by atoms with Crippen molar-refractivity contribution in [3.8, 4) is 0 Å². The van der Waals surface area contributed by atoms with Crippen molar-refractivity contribution in [2.24, 2.45) is 11.3 Å². The van der Waals surface area contributed by atoms with Crippen LogP contribution in [-0.4, -0.2) is 16.5 Å². The Kier molecular flexibility index (Phi) is 2.81. The molecule has 1 saturated carbocycles. The van der Waals surface area contributed by atoms with Crippen molar-refractivity contribution in [3.63, 3.8) is 0 Å². The van der Waals surface area contributed by atoms with Crippen molar-refractivity contribution in [1.29, 1.82) is 0 Å². The lowest BCUT2D eigenvalue weighted by molar-refractivity contribution is -0.113. The standard InChI is InChI=1S/C15H22O2/c1-10-6-5-7-11-8-13(16)12(14(2,3)17)9-15(10,11)4/h8-10,17H,5-7H2,1-4H3/t10-,15+/m0/s1. The minimum Gasteiger partial charge on any atom is -0.386 e. The van der Waals surface area contributed by atoms with Gasteiger partial charge in [0.1, 0.15) is 0 Å². The van der Waals surface area contributed by atoms with Gasteiger partial charge in [-0.3, -0.25) is 4.79 Å². The largest absolute Gasteiger partial charge is 0.386 e. The fraction of sp³-hybridized carbons (Fsp3) is 0.667. The highest BCUT2D eigenvalue weighted by Crippen LogP contribution is 2.49. The summed E-state index contributed by atoms with van der Waals surface area (Å²) in [6, 6.07) is 0. The topological polar surface area (TPSA) is 37.3 Å². The van der Waals surface area contributed by atoms with Crippen LogP contribution in [0.4, 0.5) is 0 Å². The Morgan fingerprint density at radius 3 is 2.71 bits per heavy atom. The number of carbonyl (C=O) groups is 1. The predicted molar refractivity (Wildman–Crippen MR) is 68.6 cm³/mol. The highest BCUT2D eigenvalue weighted by Gasteiger charge is 2.41. The fourth-order valence-corrected chi connectivity index (χ4v) is 3.03. The van der Waals surface area contributed by atoms with Gasteiger partial charge in [0.05, 0.1) is 5.60 Å². The summed E-state index contributed by atoms with van der Waals surface area (Å²) < 4.78 is 0. The van der Waals surface area contributed by atoms with E-state index in [0.29, 0.717) is 11.5 Å². The van der Waals surface area contributed by atoms with E-state index in [0.717, 1.165) is 6.42 Å². The predicted octanol–water partition coefficient (Wildman–Crippen LogP) is 3.02. The summed E-state index contributed by atoms with van der Waals surface area (Å²) in [6.07, 6.45) is 7.17. The zero-order chi connectivity index (χ0) is 12.8. The highest BCUT2D eigenvalue weighted by molar-refractivity contribution is 6.07. The Morgan fingerprint density at radius 1 is 1.47 bits per heavy atom. The second-order valence-electron chi connectivity index (χ2n) is 6.23. The molecule has 1 fully saturated rings. The van der Waals surface area contributed by atoms with Crippen molar-refractivity contribution in [3.05, 3.63) is 23.3 Å². The van der Waals surface area contributed by atoms with Crippen LogP contribution in [0.1, 0.15) is 47.0 Å². The van der Waals surface area contributed by atoms with Gasteiger partial charge in [-0.15, -0.1) is 0 Å². The number of carbonyl (C=O) groups excluding carboxylic acids is 1. The van der Waals surface area contributed by atoms with Crippen LogP contribution >= 0.6 is 0 Å². The molecule has 2 rings (SSSR count). The minimum absolute atomic E-state index is 0.0147. The molecule has 0 unspecified atom stereocenters. The van der Waals surface area contributed by atoms with Gasteiger partial charge in [-0.1, -0.05) is 25.5 Å². The lowest BCUT2D eigenvalue weighted by Gasteiger charge is -2.43. The molecule has 0 aromatic heterocycles. The maximum absolute atomic E-state index is 12.0. The van der Waals surface area contributed by atoms with Gasteiger partial charge in [0.25, 0.3) is 0 Å². The van der Waals surface area contributed by atoms with Crippen LogP contribution in [0.15, 0.2) is 23.3 Å². The number of aliphatic hydroxyl groups is 1. The molecule has 0 aliphatic heterocycles. The third kappa shape index (κ3) is 1.99. The van der Waals surface area contributed by atoms with E-state index in [2.05, 4.69) is 13.8 Å². The first-order chi connectivity index (χ1) is 7.75. The van der Waals surface area contributed by atoms with E-state index in [1.807, 2.05) is 6.08 Å². The molecule has 2 aliphatic carbocycles. The van der Waals surface area contributed by atoms with Gasteiger partial charge >= 0.3 is 0 Å². The zero-order valence-corrected chi connectivity index (χ0v) is 11.2. The summed E-state index contributed by atoms with van der Waals surface area (Å²) in [4.78, 5) is 12.0. The van der Waals surface area contributed by atoms with Crippen molar-refractivity contribution in [1.82, 2.24) is 0 Å². The molecule has 0 aromatic rings. The summed E-state index contributed by atoms with van der Waals surface area (Å²) in [5.41, 5.74) is 0.715. The highest BCUT2D eigenvalue weighted by atomic mass is 16.3. The summed E-state index contributed by atoms with van der Waals surface area (Å²) in [7, 11) is 0. The van der Waals surface area contributed by atoms with Gasteiger partial charge in [0.15, 0.2) is 5.78 Å². The molecule has 1 N–H and O–H groups in total. The first-order valence-corrected chi connectivity index (χ1v) is 6.46. The number of rotatable bonds is 1. The van der Waals surface area contributed by atoms with E-state index in [4.69, 9.17) is 0 Å². The summed E-state index contributed by atoms with van der Waals surface area (Å²) in [5.74, 6) is 0.520. The van der Waals surface area contributed by atoms with Gasteiger partial charge in [-0.2, -0.15) is 0 Å². The zero-order valence-electron chi connectivity index (χ0n) is 11.2. The first-order valence-electron chi connectivity index (χ1n) is 6.46. The van der Waals surface area contributed by atoms with Crippen molar-refractivity contribution in [2.75, 3.05) is 0 Å². The third-order valence-electron chi connectivity index (χ3n) is 4.47. The van der Waals surface area contributed by atoms with Crippen LogP contribution in [0.25, 0.3) is 0 Å². The van der Waals surface area contributed by atoms with E-state index in [-0.39, 0.29) is 11.2 Å². The Morgan fingerprint density at radius 2 is 2.12 bits per heavy atom. The normalized spacial score (nSPS) is 33.9. The molecule has 2 atom stereocenters. The molecule has 0 aromatic carbocycles. The molecule has 17 heavy (non-hydrogen) atoms. The van der Waals surface area contributed by atoms with E-state index in [9.17, 15) is 9.90 Å². The van der Waals surface area contributed by atoms with Crippen LogP contribution in [0, 0.1) is 11.3 Å². The average Bonchev–Trinajstić information content (AvgIpc) is 2.19. The molecule has 0 bridgehead atoms. The fourth-order valence-electron chi connectivity index (χ4n) is 3.03. The monoisotopic (exact) mass is 234 g/mol. The number of hydrogen-bond acceptors (Lipinski definition) is 2. The molecule has 94 valence electrons. The van der Waals surface area contributed by atoms with Gasteiger partial charge in [0.2, 0.25) is 0 Å². The van der Waals surface area contributed by atoms with Gasteiger partial charge < -0.3 is 5.11 Å². The molecule has 0 amide bonds. The van der Waals surface area contributed by atoms with Gasteiger partial charge in [-0.05, 0) is 45.1 Å². The van der Waals surface area contributed by atoms with Gasteiger partial charge in [-0.25, -0.2) is 0 Å².